The normalized spacial score (nSPS) is 12.8. The average Bonchev–Trinajstić information content (AvgIpc) is 2.16. The molecule has 0 radical (unpaired) electrons. The third-order valence-corrected chi connectivity index (χ3v) is 2.01. The summed E-state index contributed by atoms with van der Waals surface area (Å²) in [4.78, 5) is 0. The average molecular weight is 216 g/mol. The molecule has 1 aromatic carbocycles. The molecule has 15 heavy (non-hydrogen) atoms. The number of benzene rings is 1. The molecule has 1 atom stereocenters. The molecule has 0 spiro atoms. The highest BCUT2D eigenvalue weighted by Gasteiger charge is 2.10. The summed E-state index contributed by atoms with van der Waals surface area (Å²) in [5, 5.41) is 9.58. The molecule has 0 aromatic heterocycles. The van der Waals surface area contributed by atoms with Gasteiger partial charge in [-0.25, -0.2) is 8.78 Å². The van der Waals surface area contributed by atoms with E-state index in [-0.39, 0.29) is 5.56 Å². The van der Waals surface area contributed by atoms with Crippen LogP contribution in [0.15, 0.2) is 18.2 Å². The summed E-state index contributed by atoms with van der Waals surface area (Å²) in [5.74, 6) is -1.36. The molecule has 1 aromatic rings. The zero-order valence-corrected chi connectivity index (χ0v) is 8.54. The summed E-state index contributed by atoms with van der Waals surface area (Å²) in [6.07, 6.45) is -0.557. The molecular formula is C11H14F2O2. The van der Waals surface area contributed by atoms with Crippen LogP contribution >= 0.6 is 0 Å². The number of aliphatic hydroxyl groups is 1. The second kappa shape index (κ2) is 5.78. The molecule has 0 saturated heterocycles. The summed E-state index contributed by atoms with van der Waals surface area (Å²) in [5.41, 5.74) is 0.243. The monoisotopic (exact) mass is 216 g/mol. The number of hydrogen-bond acceptors (Lipinski definition) is 2. The van der Waals surface area contributed by atoms with E-state index in [1.807, 2.05) is 6.92 Å². The summed E-state index contributed by atoms with van der Waals surface area (Å²) in [6.45, 7) is 2.77. The van der Waals surface area contributed by atoms with Gasteiger partial charge in [-0.15, -0.1) is 0 Å². The number of aliphatic hydroxyl groups excluding tert-OH is 1. The Morgan fingerprint density at radius 1 is 1.27 bits per heavy atom. The van der Waals surface area contributed by atoms with Crippen LogP contribution in [0.5, 0.6) is 0 Å². The first kappa shape index (κ1) is 12.1. The lowest BCUT2D eigenvalue weighted by molar-refractivity contribution is 0.0883. The van der Waals surface area contributed by atoms with Gasteiger partial charge in [0.2, 0.25) is 0 Å². The Morgan fingerprint density at radius 2 is 1.87 bits per heavy atom. The van der Waals surface area contributed by atoms with Crippen LogP contribution in [0.25, 0.3) is 0 Å². The van der Waals surface area contributed by atoms with Gasteiger partial charge in [-0.2, -0.15) is 0 Å². The summed E-state index contributed by atoms with van der Waals surface area (Å²) >= 11 is 0. The fourth-order valence-corrected chi connectivity index (χ4v) is 1.27. The predicted octanol–water partition coefficient (Wildman–Crippen LogP) is 2.42. The number of hydrogen-bond donors (Lipinski definition) is 1. The Bertz CT molecular complexity index is 295. The van der Waals surface area contributed by atoms with Crippen molar-refractivity contribution in [1.29, 1.82) is 0 Å². The van der Waals surface area contributed by atoms with E-state index in [2.05, 4.69) is 0 Å². The molecule has 0 fully saturated rings. The predicted molar refractivity (Wildman–Crippen MR) is 52.4 cm³/mol. The van der Waals surface area contributed by atoms with E-state index in [4.69, 9.17) is 4.74 Å². The van der Waals surface area contributed by atoms with Gasteiger partial charge in [0.15, 0.2) is 0 Å². The van der Waals surface area contributed by atoms with E-state index >= 15 is 0 Å². The second-order valence-corrected chi connectivity index (χ2v) is 3.20. The highest BCUT2D eigenvalue weighted by Crippen LogP contribution is 2.18. The van der Waals surface area contributed by atoms with Gasteiger partial charge in [0, 0.05) is 25.7 Å². The topological polar surface area (TPSA) is 29.5 Å². The van der Waals surface area contributed by atoms with Crippen molar-refractivity contribution >= 4 is 0 Å². The van der Waals surface area contributed by atoms with E-state index in [0.717, 1.165) is 18.2 Å². The van der Waals surface area contributed by atoms with Crippen LogP contribution < -0.4 is 0 Å². The fourth-order valence-electron chi connectivity index (χ4n) is 1.27. The minimum absolute atomic E-state index is 0.243. The van der Waals surface area contributed by atoms with Gasteiger partial charge >= 0.3 is 0 Å². The standard InChI is InChI=1S/C11H14F2O2/c1-2-15-4-3-11(14)8-5-9(12)7-10(13)6-8/h5-7,11,14H,2-4H2,1H3. The first-order valence-electron chi connectivity index (χ1n) is 4.85. The molecule has 0 heterocycles. The minimum atomic E-state index is -0.887. The molecule has 0 aliphatic carbocycles. The molecule has 4 heteroatoms. The Hall–Kier alpha value is -1.00. The molecule has 84 valence electrons. The summed E-state index contributed by atoms with van der Waals surface area (Å²) < 4.78 is 30.6. The first-order chi connectivity index (χ1) is 7.13. The molecule has 0 amide bonds. The maximum atomic E-state index is 12.8. The van der Waals surface area contributed by atoms with Gasteiger partial charge in [0.25, 0.3) is 0 Å². The van der Waals surface area contributed by atoms with Crippen LogP contribution in [0.2, 0.25) is 0 Å². The Labute approximate surface area is 87.5 Å². The van der Waals surface area contributed by atoms with E-state index in [9.17, 15) is 13.9 Å². The SMILES string of the molecule is CCOCCC(O)c1cc(F)cc(F)c1. The van der Waals surface area contributed by atoms with Crippen LogP contribution in [-0.2, 0) is 4.74 Å². The maximum absolute atomic E-state index is 12.8. The summed E-state index contributed by atoms with van der Waals surface area (Å²) in [7, 11) is 0. The van der Waals surface area contributed by atoms with Crippen molar-refractivity contribution in [3.8, 4) is 0 Å². The molecule has 0 saturated carbocycles. The highest BCUT2D eigenvalue weighted by atomic mass is 19.1. The van der Waals surface area contributed by atoms with Crippen LogP contribution in [0.3, 0.4) is 0 Å². The second-order valence-electron chi connectivity index (χ2n) is 3.20. The Kier molecular flexibility index (Phi) is 4.65. The zero-order valence-electron chi connectivity index (χ0n) is 8.54. The van der Waals surface area contributed by atoms with Crippen LogP contribution in [0, 0.1) is 11.6 Å². The van der Waals surface area contributed by atoms with E-state index in [0.29, 0.717) is 19.6 Å². The van der Waals surface area contributed by atoms with Gasteiger partial charge in [0.05, 0.1) is 6.10 Å². The molecule has 2 nitrogen and oxygen atoms in total. The van der Waals surface area contributed by atoms with Crippen molar-refractivity contribution in [1.82, 2.24) is 0 Å². The molecule has 1 N–H and O–H groups in total. The van der Waals surface area contributed by atoms with Gasteiger partial charge < -0.3 is 9.84 Å². The van der Waals surface area contributed by atoms with Crippen molar-refractivity contribution in [3.05, 3.63) is 35.4 Å². The van der Waals surface area contributed by atoms with Crippen molar-refractivity contribution in [2.24, 2.45) is 0 Å². The van der Waals surface area contributed by atoms with Crippen LogP contribution in [0.4, 0.5) is 8.78 Å². The van der Waals surface area contributed by atoms with E-state index in [1.54, 1.807) is 0 Å². The number of halogens is 2. The molecule has 1 rings (SSSR count). The van der Waals surface area contributed by atoms with E-state index in [1.165, 1.54) is 0 Å². The fraction of sp³-hybridized carbons (Fsp3) is 0.455. The lowest BCUT2D eigenvalue weighted by Crippen LogP contribution is -2.04. The Balaban J connectivity index is 2.60. The van der Waals surface area contributed by atoms with Gasteiger partial charge in [0.1, 0.15) is 11.6 Å². The molecular weight excluding hydrogens is 202 g/mol. The zero-order chi connectivity index (χ0) is 11.3. The molecule has 0 bridgehead atoms. The first-order valence-corrected chi connectivity index (χ1v) is 4.85. The Morgan fingerprint density at radius 3 is 2.40 bits per heavy atom. The minimum Gasteiger partial charge on any atom is -0.388 e. The van der Waals surface area contributed by atoms with E-state index < -0.39 is 17.7 Å². The van der Waals surface area contributed by atoms with Crippen molar-refractivity contribution in [2.75, 3.05) is 13.2 Å². The largest absolute Gasteiger partial charge is 0.388 e. The summed E-state index contributed by atoms with van der Waals surface area (Å²) in [6, 6.07) is 3.03. The number of rotatable bonds is 5. The van der Waals surface area contributed by atoms with Gasteiger partial charge in [-0.1, -0.05) is 0 Å². The third kappa shape index (κ3) is 3.93. The third-order valence-electron chi connectivity index (χ3n) is 2.01. The van der Waals surface area contributed by atoms with Crippen LogP contribution in [0.1, 0.15) is 25.0 Å². The van der Waals surface area contributed by atoms with Gasteiger partial charge in [-0.05, 0) is 24.6 Å². The van der Waals surface area contributed by atoms with Crippen LogP contribution in [-0.4, -0.2) is 18.3 Å². The lowest BCUT2D eigenvalue weighted by Gasteiger charge is -2.10. The molecule has 0 aliphatic heterocycles. The highest BCUT2D eigenvalue weighted by molar-refractivity contribution is 5.20. The van der Waals surface area contributed by atoms with Gasteiger partial charge in [-0.3, -0.25) is 0 Å². The molecule has 1 unspecified atom stereocenters. The maximum Gasteiger partial charge on any atom is 0.126 e. The smallest absolute Gasteiger partial charge is 0.126 e. The van der Waals surface area contributed by atoms with Crippen molar-refractivity contribution in [3.63, 3.8) is 0 Å². The lowest BCUT2D eigenvalue weighted by atomic mass is 10.1. The number of ether oxygens (including phenoxy) is 1. The van der Waals surface area contributed by atoms with Crippen molar-refractivity contribution in [2.45, 2.75) is 19.4 Å². The molecule has 0 aliphatic rings. The van der Waals surface area contributed by atoms with Crippen molar-refractivity contribution < 1.29 is 18.6 Å². The quantitative estimate of drug-likeness (QED) is 0.766.